The van der Waals surface area contributed by atoms with Crippen LogP contribution in [0, 0.1) is 0 Å². The van der Waals surface area contributed by atoms with Gasteiger partial charge in [-0.15, -0.1) is 0 Å². The summed E-state index contributed by atoms with van der Waals surface area (Å²) in [5.41, 5.74) is -0.0832. The van der Waals surface area contributed by atoms with Crippen LogP contribution in [0.2, 0.25) is 0 Å². The second-order valence-electron chi connectivity index (χ2n) is 4.36. The van der Waals surface area contributed by atoms with Gasteiger partial charge >= 0.3 is 6.18 Å². The molecule has 0 fully saturated rings. The number of aliphatic hydroxyl groups excluding tert-OH is 1. The maximum absolute atomic E-state index is 12.4. The summed E-state index contributed by atoms with van der Waals surface area (Å²) in [5, 5.41) is 8.74. The van der Waals surface area contributed by atoms with Gasteiger partial charge in [-0.2, -0.15) is 13.2 Å². The number of sulfone groups is 1. The fourth-order valence-corrected chi connectivity index (χ4v) is 2.25. The minimum absolute atomic E-state index is 0.0384. The normalized spacial score (nSPS) is 12.2. The van der Waals surface area contributed by atoms with Crippen molar-refractivity contribution >= 4 is 15.7 Å². The number of alkyl halides is 3. The maximum atomic E-state index is 12.4. The van der Waals surface area contributed by atoms with Crippen molar-refractivity contribution in [1.82, 2.24) is 4.90 Å². The van der Waals surface area contributed by atoms with Crippen LogP contribution in [0.3, 0.4) is 0 Å². The van der Waals surface area contributed by atoms with E-state index < -0.39 is 41.6 Å². The van der Waals surface area contributed by atoms with Crippen molar-refractivity contribution in [2.75, 3.05) is 26.0 Å². The lowest BCUT2D eigenvalue weighted by Crippen LogP contribution is -2.40. The van der Waals surface area contributed by atoms with Gasteiger partial charge in [-0.05, 0) is 24.3 Å². The zero-order valence-electron chi connectivity index (χ0n) is 11.1. The Bertz CT molecular complexity index is 596. The Morgan fingerprint density at radius 3 is 2.14 bits per heavy atom. The lowest BCUT2D eigenvalue weighted by atomic mass is 10.2. The molecule has 0 heterocycles. The molecule has 1 N–H and O–H groups in total. The van der Waals surface area contributed by atoms with Crippen molar-refractivity contribution in [3.63, 3.8) is 0 Å². The standard InChI is InChI=1S/C12H14F3NO4S/c1-21(19,20)10-4-2-9(3-5-10)11(18)16(6-7-17)8-12(13,14)15/h2-5,17H,6-8H2,1H3. The van der Waals surface area contributed by atoms with E-state index in [1.54, 1.807) is 0 Å². The van der Waals surface area contributed by atoms with Crippen LogP contribution in [0.4, 0.5) is 13.2 Å². The predicted molar refractivity (Wildman–Crippen MR) is 68.6 cm³/mol. The molecule has 1 rings (SSSR count). The molecule has 0 saturated heterocycles. The molecule has 0 saturated carbocycles. The molecular formula is C12H14F3NO4S. The van der Waals surface area contributed by atoms with Crippen molar-refractivity contribution in [2.45, 2.75) is 11.1 Å². The summed E-state index contributed by atoms with van der Waals surface area (Å²) in [6.07, 6.45) is -3.61. The van der Waals surface area contributed by atoms with Gasteiger partial charge in [-0.1, -0.05) is 0 Å². The smallest absolute Gasteiger partial charge is 0.395 e. The molecule has 118 valence electrons. The summed E-state index contributed by atoms with van der Waals surface area (Å²) in [4.78, 5) is 12.4. The Balaban J connectivity index is 2.99. The SMILES string of the molecule is CS(=O)(=O)c1ccc(C(=O)N(CCO)CC(F)(F)F)cc1. The van der Waals surface area contributed by atoms with Crippen LogP contribution in [0.1, 0.15) is 10.4 Å². The van der Waals surface area contributed by atoms with Crippen LogP contribution in [-0.2, 0) is 9.84 Å². The number of aliphatic hydroxyl groups is 1. The molecule has 0 bridgehead atoms. The first-order chi connectivity index (χ1) is 9.54. The van der Waals surface area contributed by atoms with Gasteiger partial charge in [0, 0.05) is 18.4 Å². The molecule has 1 aromatic rings. The molecule has 0 aromatic heterocycles. The zero-order chi connectivity index (χ0) is 16.3. The zero-order valence-corrected chi connectivity index (χ0v) is 11.9. The molecule has 0 aliphatic heterocycles. The lowest BCUT2D eigenvalue weighted by Gasteiger charge is -2.23. The Morgan fingerprint density at radius 2 is 1.76 bits per heavy atom. The van der Waals surface area contributed by atoms with E-state index >= 15 is 0 Å². The highest BCUT2D eigenvalue weighted by Crippen LogP contribution is 2.18. The third kappa shape index (κ3) is 5.35. The number of hydrogen-bond acceptors (Lipinski definition) is 4. The van der Waals surface area contributed by atoms with Gasteiger partial charge in [-0.25, -0.2) is 8.42 Å². The van der Waals surface area contributed by atoms with Gasteiger partial charge in [-0.3, -0.25) is 4.79 Å². The summed E-state index contributed by atoms with van der Waals surface area (Å²) in [5.74, 6) is -0.929. The second-order valence-corrected chi connectivity index (χ2v) is 6.38. The number of carbonyl (C=O) groups excluding carboxylic acids is 1. The molecule has 0 aliphatic carbocycles. The van der Waals surface area contributed by atoms with E-state index in [-0.39, 0.29) is 10.5 Å². The van der Waals surface area contributed by atoms with E-state index in [0.29, 0.717) is 4.90 Å². The average molecular weight is 325 g/mol. The Morgan fingerprint density at radius 1 is 1.24 bits per heavy atom. The van der Waals surface area contributed by atoms with Crippen molar-refractivity contribution in [2.24, 2.45) is 0 Å². The van der Waals surface area contributed by atoms with Gasteiger partial charge in [0.1, 0.15) is 6.54 Å². The summed E-state index contributed by atoms with van der Waals surface area (Å²) < 4.78 is 59.6. The number of nitrogens with zero attached hydrogens (tertiary/aromatic N) is 1. The van der Waals surface area contributed by atoms with Crippen molar-refractivity contribution in [3.05, 3.63) is 29.8 Å². The molecule has 1 aromatic carbocycles. The first kappa shape index (κ1) is 17.4. The fraction of sp³-hybridized carbons (Fsp3) is 0.417. The van der Waals surface area contributed by atoms with Gasteiger partial charge in [0.25, 0.3) is 5.91 Å². The molecule has 0 aliphatic rings. The number of amides is 1. The van der Waals surface area contributed by atoms with Crippen LogP contribution in [0.15, 0.2) is 29.2 Å². The number of carbonyl (C=O) groups is 1. The molecule has 9 heteroatoms. The van der Waals surface area contributed by atoms with E-state index in [0.717, 1.165) is 30.5 Å². The highest BCUT2D eigenvalue weighted by Gasteiger charge is 2.33. The Labute approximate surface area is 119 Å². The first-order valence-corrected chi connectivity index (χ1v) is 7.71. The molecule has 21 heavy (non-hydrogen) atoms. The number of halogens is 3. The molecule has 0 radical (unpaired) electrons. The summed E-state index contributed by atoms with van der Waals surface area (Å²) >= 11 is 0. The molecule has 0 spiro atoms. The van der Waals surface area contributed by atoms with Crippen molar-refractivity contribution < 1.29 is 31.5 Å². The van der Waals surface area contributed by atoms with Crippen LogP contribution in [0.25, 0.3) is 0 Å². The third-order valence-electron chi connectivity index (χ3n) is 2.56. The molecule has 0 unspecified atom stereocenters. The first-order valence-electron chi connectivity index (χ1n) is 5.81. The van der Waals surface area contributed by atoms with Crippen molar-refractivity contribution in [3.8, 4) is 0 Å². The van der Waals surface area contributed by atoms with E-state index in [1.165, 1.54) is 0 Å². The quantitative estimate of drug-likeness (QED) is 0.879. The Kier molecular flexibility index (Phi) is 5.35. The van der Waals surface area contributed by atoms with Gasteiger partial charge in [0.2, 0.25) is 0 Å². The molecule has 0 atom stereocenters. The van der Waals surface area contributed by atoms with Crippen LogP contribution in [0.5, 0.6) is 0 Å². The van der Waals surface area contributed by atoms with E-state index in [4.69, 9.17) is 5.11 Å². The second kappa shape index (κ2) is 6.44. The number of rotatable bonds is 5. The van der Waals surface area contributed by atoms with Crippen LogP contribution < -0.4 is 0 Å². The largest absolute Gasteiger partial charge is 0.406 e. The third-order valence-corrected chi connectivity index (χ3v) is 3.69. The number of hydrogen-bond donors (Lipinski definition) is 1. The maximum Gasteiger partial charge on any atom is 0.406 e. The minimum Gasteiger partial charge on any atom is -0.395 e. The van der Waals surface area contributed by atoms with Crippen molar-refractivity contribution in [1.29, 1.82) is 0 Å². The molecule has 5 nitrogen and oxygen atoms in total. The Hall–Kier alpha value is -1.61. The summed E-state index contributed by atoms with van der Waals surface area (Å²) in [7, 11) is -3.45. The lowest BCUT2D eigenvalue weighted by molar-refractivity contribution is -0.141. The van der Waals surface area contributed by atoms with Crippen LogP contribution in [-0.4, -0.2) is 56.5 Å². The molecular weight excluding hydrogens is 311 g/mol. The van der Waals surface area contributed by atoms with Gasteiger partial charge < -0.3 is 10.0 Å². The molecule has 1 amide bonds. The van der Waals surface area contributed by atoms with E-state index in [1.807, 2.05) is 0 Å². The summed E-state index contributed by atoms with van der Waals surface area (Å²) in [6.45, 7) is -2.56. The topological polar surface area (TPSA) is 74.7 Å². The highest BCUT2D eigenvalue weighted by atomic mass is 32.2. The van der Waals surface area contributed by atoms with E-state index in [9.17, 15) is 26.4 Å². The van der Waals surface area contributed by atoms with Gasteiger partial charge in [0.05, 0.1) is 11.5 Å². The highest BCUT2D eigenvalue weighted by molar-refractivity contribution is 7.90. The minimum atomic E-state index is -4.59. The van der Waals surface area contributed by atoms with E-state index in [2.05, 4.69) is 0 Å². The number of benzene rings is 1. The van der Waals surface area contributed by atoms with Gasteiger partial charge in [0.15, 0.2) is 9.84 Å². The average Bonchev–Trinajstić information content (AvgIpc) is 2.35. The van der Waals surface area contributed by atoms with Crippen LogP contribution >= 0.6 is 0 Å². The predicted octanol–water partition coefficient (Wildman–Crippen LogP) is 1.09. The monoisotopic (exact) mass is 325 g/mol. The fourth-order valence-electron chi connectivity index (χ4n) is 1.62. The summed E-state index contributed by atoms with van der Waals surface area (Å²) in [6, 6.07) is 4.57.